The molecule has 1 amide bonds. The predicted molar refractivity (Wildman–Crippen MR) is 51.9 cm³/mol. The van der Waals surface area contributed by atoms with E-state index in [0.29, 0.717) is 18.3 Å². The number of nitrogens with zero attached hydrogens (tertiary/aromatic N) is 2. The lowest BCUT2D eigenvalue weighted by molar-refractivity contribution is -0.124. The average Bonchev–Trinajstić information content (AvgIpc) is 2.63. The van der Waals surface area contributed by atoms with Crippen molar-refractivity contribution < 1.29 is 9.21 Å². The first-order chi connectivity index (χ1) is 7.25. The van der Waals surface area contributed by atoms with Crippen LogP contribution in [0, 0.1) is 6.92 Å². The van der Waals surface area contributed by atoms with Crippen molar-refractivity contribution in [2.24, 2.45) is 0 Å². The lowest BCUT2D eigenvalue weighted by Gasteiger charge is -2.21. The summed E-state index contributed by atoms with van der Waals surface area (Å²) in [5, 5.41) is 13.5. The highest BCUT2D eigenvalue weighted by molar-refractivity contribution is 5.82. The molecule has 0 aliphatic carbocycles. The lowest BCUT2D eigenvalue weighted by atomic mass is 10.1. The Bertz CT molecular complexity index is 350. The van der Waals surface area contributed by atoms with Gasteiger partial charge in [0.25, 0.3) is 0 Å². The molecule has 2 N–H and O–H groups in total. The molecule has 0 saturated carbocycles. The fourth-order valence-electron chi connectivity index (χ4n) is 1.59. The predicted octanol–water partition coefficient (Wildman–Crippen LogP) is -0.254. The molecule has 6 heteroatoms. The third-order valence-corrected chi connectivity index (χ3v) is 2.35. The summed E-state index contributed by atoms with van der Waals surface area (Å²) in [6, 6.07) is -0.133. The molecule has 1 aromatic heterocycles. The number of nitrogens with one attached hydrogen (secondary N) is 2. The van der Waals surface area contributed by atoms with E-state index in [0.717, 1.165) is 19.4 Å². The van der Waals surface area contributed by atoms with E-state index >= 15 is 0 Å². The van der Waals surface area contributed by atoms with Crippen LogP contribution >= 0.6 is 0 Å². The Balaban J connectivity index is 1.84. The Morgan fingerprint density at radius 2 is 2.47 bits per heavy atom. The zero-order valence-corrected chi connectivity index (χ0v) is 8.62. The van der Waals surface area contributed by atoms with Gasteiger partial charge >= 0.3 is 0 Å². The van der Waals surface area contributed by atoms with Gasteiger partial charge in [0, 0.05) is 13.5 Å². The standard InChI is InChI=1S/C9H14N4O2/c1-6-12-13-8(15-6)5-11-7-3-2-4-10-9(7)14/h7,11H,2-5H2,1H3,(H,10,14). The normalized spacial score (nSPS) is 21.4. The van der Waals surface area contributed by atoms with Crippen LogP contribution in [0.4, 0.5) is 0 Å². The average molecular weight is 210 g/mol. The maximum absolute atomic E-state index is 11.4. The highest BCUT2D eigenvalue weighted by Crippen LogP contribution is 2.04. The van der Waals surface area contributed by atoms with Crippen LogP contribution in [0.15, 0.2) is 4.42 Å². The van der Waals surface area contributed by atoms with Crippen molar-refractivity contribution in [2.45, 2.75) is 32.4 Å². The van der Waals surface area contributed by atoms with Crippen LogP contribution in [-0.2, 0) is 11.3 Å². The summed E-state index contributed by atoms with van der Waals surface area (Å²) >= 11 is 0. The Morgan fingerprint density at radius 3 is 3.13 bits per heavy atom. The van der Waals surface area contributed by atoms with Crippen LogP contribution in [0.2, 0.25) is 0 Å². The first kappa shape index (κ1) is 10.1. The van der Waals surface area contributed by atoms with Crippen molar-refractivity contribution in [1.29, 1.82) is 0 Å². The molecule has 1 unspecified atom stereocenters. The molecule has 15 heavy (non-hydrogen) atoms. The summed E-state index contributed by atoms with van der Waals surface area (Å²) < 4.78 is 5.19. The number of amides is 1. The summed E-state index contributed by atoms with van der Waals surface area (Å²) in [7, 11) is 0. The van der Waals surface area contributed by atoms with Gasteiger partial charge in [0.1, 0.15) is 0 Å². The number of hydrogen-bond donors (Lipinski definition) is 2. The molecule has 1 aliphatic rings. The Kier molecular flexibility index (Phi) is 2.96. The largest absolute Gasteiger partial charge is 0.424 e. The number of piperidine rings is 1. The van der Waals surface area contributed by atoms with E-state index in [-0.39, 0.29) is 11.9 Å². The third-order valence-electron chi connectivity index (χ3n) is 2.35. The molecule has 1 aromatic rings. The molecule has 0 spiro atoms. The van der Waals surface area contributed by atoms with Gasteiger partial charge in [-0.25, -0.2) is 0 Å². The molecule has 0 bridgehead atoms. The molecular formula is C9H14N4O2. The monoisotopic (exact) mass is 210 g/mol. The molecule has 1 atom stereocenters. The molecule has 1 aliphatic heterocycles. The minimum Gasteiger partial charge on any atom is -0.424 e. The highest BCUT2D eigenvalue weighted by Gasteiger charge is 2.21. The Morgan fingerprint density at radius 1 is 1.60 bits per heavy atom. The second-order valence-electron chi connectivity index (χ2n) is 3.58. The highest BCUT2D eigenvalue weighted by atomic mass is 16.4. The second kappa shape index (κ2) is 4.39. The minimum atomic E-state index is -0.133. The van der Waals surface area contributed by atoms with Gasteiger partial charge in [-0.1, -0.05) is 0 Å². The van der Waals surface area contributed by atoms with Crippen molar-refractivity contribution in [3.63, 3.8) is 0 Å². The Hall–Kier alpha value is -1.43. The topological polar surface area (TPSA) is 80.0 Å². The van der Waals surface area contributed by atoms with E-state index in [9.17, 15) is 4.79 Å². The molecule has 0 radical (unpaired) electrons. The summed E-state index contributed by atoms with van der Waals surface area (Å²) in [6.07, 6.45) is 1.87. The fraction of sp³-hybridized carbons (Fsp3) is 0.667. The van der Waals surface area contributed by atoms with Crippen molar-refractivity contribution in [1.82, 2.24) is 20.8 Å². The van der Waals surface area contributed by atoms with Crippen molar-refractivity contribution in [3.8, 4) is 0 Å². The second-order valence-corrected chi connectivity index (χ2v) is 3.58. The van der Waals surface area contributed by atoms with Gasteiger partial charge in [-0.05, 0) is 12.8 Å². The molecule has 2 heterocycles. The smallest absolute Gasteiger partial charge is 0.237 e. The number of carbonyl (C=O) groups is 1. The van der Waals surface area contributed by atoms with E-state index in [4.69, 9.17) is 4.42 Å². The van der Waals surface area contributed by atoms with Gasteiger partial charge in [-0.2, -0.15) is 0 Å². The van der Waals surface area contributed by atoms with E-state index < -0.39 is 0 Å². The van der Waals surface area contributed by atoms with Crippen molar-refractivity contribution in [3.05, 3.63) is 11.8 Å². The maximum atomic E-state index is 11.4. The molecule has 0 aromatic carbocycles. The molecule has 1 fully saturated rings. The molecule has 1 saturated heterocycles. The van der Waals surface area contributed by atoms with Crippen LogP contribution in [0.3, 0.4) is 0 Å². The van der Waals surface area contributed by atoms with E-state index in [1.165, 1.54) is 0 Å². The van der Waals surface area contributed by atoms with Gasteiger partial charge < -0.3 is 9.73 Å². The summed E-state index contributed by atoms with van der Waals surface area (Å²) in [6.45, 7) is 2.96. The third kappa shape index (κ3) is 2.53. The quantitative estimate of drug-likeness (QED) is 0.719. The number of aromatic nitrogens is 2. The molecular weight excluding hydrogens is 196 g/mol. The van der Waals surface area contributed by atoms with Gasteiger partial charge in [-0.15, -0.1) is 10.2 Å². The lowest BCUT2D eigenvalue weighted by Crippen LogP contribution is -2.47. The van der Waals surface area contributed by atoms with Crippen molar-refractivity contribution >= 4 is 5.91 Å². The van der Waals surface area contributed by atoms with E-state index in [1.54, 1.807) is 6.92 Å². The SMILES string of the molecule is Cc1nnc(CNC2CCCNC2=O)o1. The van der Waals surface area contributed by atoms with Gasteiger partial charge in [0.05, 0.1) is 12.6 Å². The number of aryl methyl sites for hydroxylation is 1. The van der Waals surface area contributed by atoms with Crippen LogP contribution in [-0.4, -0.2) is 28.7 Å². The summed E-state index contributed by atoms with van der Waals surface area (Å²) in [4.78, 5) is 11.4. The van der Waals surface area contributed by atoms with Crippen LogP contribution in [0.5, 0.6) is 0 Å². The molecule has 82 valence electrons. The zero-order chi connectivity index (χ0) is 10.7. The number of hydrogen-bond acceptors (Lipinski definition) is 5. The maximum Gasteiger partial charge on any atom is 0.237 e. The van der Waals surface area contributed by atoms with Gasteiger partial charge in [0.2, 0.25) is 17.7 Å². The summed E-state index contributed by atoms with van der Waals surface area (Å²) in [5.41, 5.74) is 0. The first-order valence-electron chi connectivity index (χ1n) is 5.06. The van der Waals surface area contributed by atoms with Crippen LogP contribution in [0.1, 0.15) is 24.6 Å². The van der Waals surface area contributed by atoms with E-state index in [1.807, 2.05) is 0 Å². The first-order valence-corrected chi connectivity index (χ1v) is 5.06. The van der Waals surface area contributed by atoms with Crippen LogP contribution in [0.25, 0.3) is 0 Å². The summed E-state index contributed by atoms with van der Waals surface area (Å²) in [5.74, 6) is 1.11. The molecule has 2 rings (SSSR count). The minimum absolute atomic E-state index is 0.0532. The number of carbonyl (C=O) groups excluding carboxylic acids is 1. The Labute approximate surface area is 87.4 Å². The van der Waals surface area contributed by atoms with Crippen LogP contribution < -0.4 is 10.6 Å². The van der Waals surface area contributed by atoms with Gasteiger partial charge in [0.15, 0.2) is 0 Å². The zero-order valence-electron chi connectivity index (χ0n) is 8.62. The van der Waals surface area contributed by atoms with Crippen molar-refractivity contribution in [2.75, 3.05) is 6.54 Å². The molecule has 6 nitrogen and oxygen atoms in total. The number of rotatable bonds is 3. The van der Waals surface area contributed by atoms with Gasteiger partial charge in [-0.3, -0.25) is 10.1 Å². The van der Waals surface area contributed by atoms with E-state index in [2.05, 4.69) is 20.8 Å². The fourth-order valence-corrected chi connectivity index (χ4v) is 1.59.